The van der Waals surface area contributed by atoms with Gasteiger partial charge in [0.25, 0.3) is 5.91 Å². The van der Waals surface area contributed by atoms with E-state index in [0.29, 0.717) is 28.6 Å². The van der Waals surface area contributed by atoms with E-state index in [1.54, 1.807) is 55.5 Å². The van der Waals surface area contributed by atoms with E-state index in [-0.39, 0.29) is 0 Å². The van der Waals surface area contributed by atoms with E-state index < -0.39 is 29.9 Å². The number of ether oxygens (including phenoxy) is 2. The highest BCUT2D eigenvalue weighted by Crippen LogP contribution is 2.30. The first kappa shape index (κ1) is 21.8. The molecule has 33 heavy (non-hydrogen) atoms. The van der Waals surface area contributed by atoms with E-state index in [1.165, 1.54) is 25.7 Å². The minimum absolute atomic E-state index is 0.341. The third-order valence-electron chi connectivity index (χ3n) is 5.14. The Morgan fingerprint density at radius 2 is 1.76 bits per heavy atom. The maximum absolute atomic E-state index is 13.0. The van der Waals surface area contributed by atoms with Gasteiger partial charge in [-0.15, -0.1) is 0 Å². The van der Waals surface area contributed by atoms with E-state index in [9.17, 15) is 14.4 Å². The number of imide groups is 1. The molecule has 0 radical (unpaired) electrons. The van der Waals surface area contributed by atoms with Crippen molar-refractivity contribution in [2.45, 2.75) is 12.5 Å². The van der Waals surface area contributed by atoms with Gasteiger partial charge in [-0.2, -0.15) is 0 Å². The van der Waals surface area contributed by atoms with Crippen molar-refractivity contribution in [3.8, 4) is 17.4 Å². The maximum atomic E-state index is 13.0. The van der Waals surface area contributed by atoms with Crippen LogP contribution >= 0.6 is 0 Å². The summed E-state index contributed by atoms with van der Waals surface area (Å²) in [4.78, 5) is 46.8. The second kappa shape index (κ2) is 8.95. The van der Waals surface area contributed by atoms with Gasteiger partial charge in [0.05, 0.1) is 13.3 Å². The van der Waals surface area contributed by atoms with Crippen LogP contribution in [-0.4, -0.2) is 46.4 Å². The van der Waals surface area contributed by atoms with Crippen LogP contribution in [0, 0.1) is 0 Å². The van der Waals surface area contributed by atoms with Crippen molar-refractivity contribution in [3.63, 3.8) is 0 Å². The molecule has 2 N–H and O–H groups in total. The van der Waals surface area contributed by atoms with Crippen LogP contribution in [0.3, 0.4) is 0 Å². The first-order valence-corrected chi connectivity index (χ1v) is 10.0. The van der Waals surface area contributed by atoms with Crippen LogP contribution in [-0.2, 0) is 15.1 Å². The minimum atomic E-state index is -1.27. The molecule has 1 aliphatic rings. The fraction of sp³-hybridized carbons (Fsp3) is 0.174. The molecule has 4 rings (SSSR count). The number of anilines is 1. The monoisotopic (exact) mass is 447 g/mol. The number of carbonyl (C=O) groups is 3. The van der Waals surface area contributed by atoms with Crippen molar-refractivity contribution in [1.82, 2.24) is 20.2 Å². The van der Waals surface area contributed by atoms with Crippen molar-refractivity contribution in [1.29, 1.82) is 0 Å². The van der Waals surface area contributed by atoms with Crippen molar-refractivity contribution in [2.24, 2.45) is 0 Å². The molecule has 2 aromatic carbocycles. The van der Waals surface area contributed by atoms with Gasteiger partial charge in [0.2, 0.25) is 11.8 Å². The Labute approximate surface area is 189 Å². The summed E-state index contributed by atoms with van der Waals surface area (Å²) in [6, 6.07) is 12.7. The molecule has 10 nitrogen and oxygen atoms in total. The van der Waals surface area contributed by atoms with Gasteiger partial charge in [0, 0.05) is 18.1 Å². The van der Waals surface area contributed by atoms with Crippen LogP contribution in [0.15, 0.2) is 67.1 Å². The van der Waals surface area contributed by atoms with Gasteiger partial charge in [-0.1, -0.05) is 12.1 Å². The van der Waals surface area contributed by atoms with Crippen LogP contribution < -0.4 is 20.1 Å². The summed E-state index contributed by atoms with van der Waals surface area (Å²) in [5.41, 5.74) is -0.206. The summed E-state index contributed by atoms with van der Waals surface area (Å²) in [6.45, 7) is 1.18. The molecule has 0 spiro atoms. The van der Waals surface area contributed by atoms with Gasteiger partial charge in [-0.3, -0.25) is 19.5 Å². The smallest absolute Gasteiger partial charge is 0.325 e. The molecular formula is C23H21N5O5. The van der Waals surface area contributed by atoms with E-state index in [4.69, 9.17) is 9.47 Å². The zero-order chi connectivity index (χ0) is 23.4. The molecule has 1 aromatic heterocycles. The molecule has 1 fully saturated rings. The molecule has 1 atom stereocenters. The standard InChI is InChI=1S/C23H21N5O5/c1-23(15-3-7-17(32-2)8-4-15)21(30)28(22(31)27-23)14-19(29)26-16-5-9-18(10-6-16)33-20-13-24-11-12-25-20/h3-13H,14H2,1-2H3,(H,26,29)(H,27,31). The highest BCUT2D eigenvalue weighted by atomic mass is 16.5. The van der Waals surface area contributed by atoms with E-state index in [0.717, 1.165) is 4.90 Å². The quantitative estimate of drug-likeness (QED) is 0.534. The van der Waals surface area contributed by atoms with Crippen LogP contribution in [0.1, 0.15) is 12.5 Å². The number of benzene rings is 2. The highest BCUT2D eigenvalue weighted by Gasteiger charge is 2.49. The lowest BCUT2D eigenvalue weighted by Crippen LogP contribution is -2.42. The highest BCUT2D eigenvalue weighted by molar-refractivity contribution is 6.10. The van der Waals surface area contributed by atoms with Gasteiger partial charge in [0.1, 0.15) is 23.6 Å². The second-order valence-corrected chi connectivity index (χ2v) is 7.39. The van der Waals surface area contributed by atoms with Crippen molar-refractivity contribution < 1.29 is 23.9 Å². The number of nitrogens with zero attached hydrogens (tertiary/aromatic N) is 3. The average Bonchev–Trinajstić information content (AvgIpc) is 3.05. The van der Waals surface area contributed by atoms with Crippen LogP contribution in [0.25, 0.3) is 0 Å². The summed E-state index contributed by atoms with van der Waals surface area (Å²) < 4.78 is 10.7. The van der Waals surface area contributed by atoms with E-state index in [1.807, 2.05) is 0 Å². The lowest BCUT2D eigenvalue weighted by Gasteiger charge is -2.22. The third kappa shape index (κ3) is 4.59. The molecule has 168 valence electrons. The number of hydrogen-bond donors (Lipinski definition) is 2. The molecule has 4 amide bonds. The number of carbonyl (C=O) groups excluding carboxylic acids is 3. The number of aromatic nitrogens is 2. The lowest BCUT2D eigenvalue weighted by atomic mass is 9.92. The number of urea groups is 1. The van der Waals surface area contributed by atoms with E-state index >= 15 is 0 Å². The number of amides is 4. The Kier molecular flexibility index (Phi) is 5.90. The van der Waals surface area contributed by atoms with Gasteiger partial charge in [0.15, 0.2) is 0 Å². The maximum Gasteiger partial charge on any atom is 0.325 e. The van der Waals surface area contributed by atoms with Crippen molar-refractivity contribution >= 4 is 23.5 Å². The predicted octanol–water partition coefficient (Wildman–Crippen LogP) is 2.68. The first-order valence-electron chi connectivity index (χ1n) is 10.0. The van der Waals surface area contributed by atoms with Crippen molar-refractivity contribution in [2.75, 3.05) is 19.0 Å². The van der Waals surface area contributed by atoms with Gasteiger partial charge < -0.3 is 20.1 Å². The summed E-state index contributed by atoms with van der Waals surface area (Å²) >= 11 is 0. The SMILES string of the molecule is COc1ccc(C2(C)NC(=O)N(CC(=O)Nc3ccc(Oc4cnccn4)cc3)C2=O)cc1. The molecule has 10 heteroatoms. The van der Waals surface area contributed by atoms with Crippen molar-refractivity contribution in [3.05, 3.63) is 72.7 Å². The topological polar surface area (TPSA) is 123 Å². The average molecular weight is 447 g/mol. The lowest BCUT2D eigenvalue weighted by molar-refractivity contribution is -0.133. The Balaban J connectivity index is 1.38. The number of hydrogen-bond acceptors (Lipinski definition) is 7. The Morgan fingerprint density at radius 3 is 2.39 bits per heavy atom. The number of methoxy groups -OCH3 is 1. The van der Waals surface area contributed by atoms with Crippen LogP contribution in [0.4, 0.5) is 10.5 Å². The summed E-state index contributed by atoms with van der Waals surface area (Å²) in [5.74, 6) is 0.453. The molecular weight excluding hydrogens is 426 g/mol. The molecule has 1 unspecified atom stereocenters. The largest absolute Gasteiger partial charge is 0.497 e. The normalized spacial score (nSPS) is 17.5. The Hall–Kier alpha value is -4.47. The molecule has 2 heterocycles. The first-order chi connectivity index (χ1) is 15.9. The number of rotatable bonds is 7. The fourth-order valence-electron chi connectivity index (χ4n) is 3.37. The van der Waals surface area contributed by atoms with Gasteiger partial charge in [-0.25, -0.2) is 9.78 Å². The summed E-state index contributed by atoms with van der Waals surface area (Å²) in [5, 5.41) is 5.34. The summed E-state index contributed by atoms with van der Waals surface area (Å²) in [7, 11) is 1.54. The Morgan fingerprint density at radius 1 is 1.06 bits per heavy atom. The van der Waals surface area contributed by atoms with Crippen LogP contribution in [0.2, 0.25) is 0 Å². The minimum Gasteiger partial charge on any atom is -0.497 e. The molecule has 1 aliphatic heterocycles. The summed E-state index contributed by atoms with van der Waals surface area (Å²) in [6.07, 6.45) is 4.53. The van der Waals surface area contributed by atoms with Crippen LogP contribution in [0.5, 0.6) is 17.4 Å². The van der Waals surface area contributed by atoms with Gasteiger partial charge >= 0.3 is 6.03 Å². The zero-order valence-corrected chi connectivity index (χ0v) is 17.9. The van der Waals surface area contributed by atoms with Gasteiger partial charge in [-0.05, 0) is 48.9 Å². The molecule has 3 aromatic rings. The fourth-order valence-corrected chi connectivity index (χ4v) is 3.37. The molecule has 0 bridgehead atoms. The Bertz CT molecular complexity index is 1170. The molecule has 0 aliphatic carbocycles. The molecule has 0 saturated carbocycles. The number of nitrogens with one attached hydrogen (secondary N) is 2. The predicted molar refractivity (Wildman–Crippen MR) is 118 cm³/mol. The second-order valence-electron chi connectivity index (χ2n) is 7.39. The van der Waals surface area contributed by atoms with E-state index in [2.05, 4.69) is 20.6 Å². The molecule has 1 saturated heterocycles. The third-order valence-corrected chi connectivity index (χ3v) is 5.14. The zero-order valence-electron chi connectivity index (χ0n) is 17.9.